The number of amides is 1. The molecule has 3 aromatic rings. The Kier molecular flexibility index (Phi) is 7.51. The second-order valence-corrected chi connectivity index (χ2v) is 6.65. The third kappa shape index (κ3) is 6.14. The lowest BCUT2D eigenvalue weighted by atomic mass is 10.2. The summed E-state index contributed by atoms with van der Waals surface area (Å²) in [5.74, 6) is 2.05. The summed E-state index contributed by atoms with van der Waals surface area (Å²) in [5, 5.41) is 11.1. The molecule has 1 amide bonds. The van der Waals surface area contributed by atoms with Crippen molar-refractivity contribution in [3.05, 3.63) is 48.4 Å². The molecule has 2 aromatic heterocycles. The first-order chi connectivity index (χ1) is 13.7. The number of aromatic nitrogens is 2. The zero-order valence-corrected chi connectivity index (χ0v) is 16.2. The smallest absolute Gasteiger partial charge is 0.277 e. The van der Waals surface area contributed by atoms with E-state index < -0.39 is 0 Å². The van der Waals surface area contributed by atoms with E-state index in [0.717, 1.165) is 23.5 Å². The number of carbonyl (C=O) groups excluding carboxylic acids is 1. The van der Waals surface area contributed by atoms with Gasteiger partial charge in [-0.15, -0.1) is 10.2 Å². The van der Waals surface area contributed by atoms with E-state index >= 15 is 0 Å². The number of furan rings is 1. The number of hydrogen-bond acceptors (Lipinski definition) is 8. The molecule has 0 aliphatic rings. The Morgan fingerprint density at radius 3 is 2.82 bits per heavy atom. The number of rotatable bonds is 11. The van der Waals surface area contributed by atoms with Crippen LogP contribution in [0.1, 0.15) is 12.2 Å². The third-order valence-corrected chi connectivity index (χ3v) is 4.50. The first-order valence-corrected chi connectivity index (χ1v) is 9.70. The van der Waals surface area contributed by atoms with Gasteiger partial charge < -0.3 is 23.6 Å². The number of ether oxygens (including phenoxy) is 2. The molecule has 1 N–H and O–H groups in total. The molecule has 0 atom stereocenters. The number of hydrogen-bond donors (Lipinski definition) is 1. The molecule has 0 unspecified atom stereocenters. The summed E-state index contributed by atoms with van der Waals surface area (Å²) in [6.07, 6.45) is 2.33. The van der Waals surface area contributed by atoms with Crippen LogP contribution in [0, 0.1) is 0 Å². The van der Waals surface area contributed by atoms with Crippen molar-refractivity contribution in [3.63, 3.8) is 0 Å². The van der Waals surface area contributed by atoms with E-state index in [-0.39, 0.29) is 11.7 Å². The fourth-order valence-electron chi connectivity index (χ4n) is 2.27. The van der Waals surface area contributed by atoms with Crippen LogP contribution in [0.5, 0.6) is 5.75 Å². The third-order valence-electron chi connectivity index (χ3n) is 3.68. The first kappa shape index (κ1) is 20.0. The Morgan fingerprint density at radius 1 is 1.21 bits per heavy atom. The number of benzene rings is 1. The van der Waals surface area contributed by atoms with E-state index in [0.29, 0.717) is 30.9 Å². The normalized spacial score (nSPS) is 10.8. The van der Waals surface area contributed by atoms with Gasteiger partial charge in [-0.2, -0.15) is 0 Å². The molecule has 0 aliphatic carbocycles. The van der Waals surface area contributed by atoms with Crippen molar-refractivity contribution in [2.24, 2.45) is 0 Å². The predicted molar refractivity (Wildman–Crippen MR) is 103 cm³/mol. The summed E-state index contributed by atoms with van der Waals surface area (Å²) < 4.78 is 21.3. The highest BCUT2D eigenvalue weighted by Gasteiger charge is 2.11. The van der Waals surface area contributed by atoms with Gasteiger partial charge in [-0.3, -0.25) is 4.79 Å². The molecular weight excluding hydrogens is 382 g/mol. The lowest BCUT2D eigenvalue weighted by molar-refractivity contribution is -0.118. The van der Waals surface area contributed by atoms with E-state index in [4.69, 9.17) is 18.3 Å². The van der Waals surface area contributed by atoms with Crippen LogP contribution in [0.3, 0.4) is 0 Å². The Hall–Kier alpha value is -2.78. The molecule has 0 fully saturated rings. The van der Waals surface area contributed by atoms with Gasteiger partial charge in [-0.05, 0) is 42.8 Å². The summed E-state index contributed by atoms with van der Waals surface area (Å²) >= 11 is 1.20. The summed E-state index contributed by atoms with van der Waals surface area (Å²) in [7, 11) is 1.61. The van der Waals surface area contributed by atoms with Gasteiger partial charge in [0.15, 0.2) is 0 Å². The van der Waals surface area contributed by atoms with Crippen molar-refractivity contribution in [3.8, 4) is 17.2 Å². The highest BCUT2D eigenvalue weighted by atomic mass is 32.2. The fourth-order valence-corrected chi connectivity index (χ4v) is 2.86. The van der Waals surface area contributed by atoms with E-state index in [9.17, 15) is 4.79 Å². The number of methoxy groups -OCH3 is 1. The van der Waals surface area contributed by atoms with Gasteiger partial charge in [-0.1, -0.05) is 11.8 Å². The molecule has 2 heterocycles. The van der Waals surface area contributed by atoms with Crippen molar-refractivity contribution in [1.82, 2.24) is 15.5 Å². The Labute approximate surface area is 166 Å². The average molecular weight is 403 g/mol. The number of nitrogens with one attached hydrogen (secondary N) is 1. The van der Waals surface area contributed by atoms with Gasteiger partial charge in [0.25, 0.3) is 5.22 Å². The first-order valence-electron chi connectivity index (χ1n) is 8.72. The summed E-state index contributed by atoms with van der Waals surface area (Å²) in [6.45, 7) is 1.52. The summed E-state index contributed by atoms with van der Waals surface area (Å²) in [4.78, 5) is 11.9. The zero-order valence-electron chi connectivity index (χ0n) is 15.4. The number of nitrogens with zero attached hydrogens (tertiary/aromatic N) is 2. The van der Waals surface area contributed by atoms with Crippen molar-refractivity contribution < 1.29 is 23.1 Å². The topological polar surface area (TPSA) is 99.6 Å². The molecular formula is C19H21N3O5S. The van der Waals surface area contributed by atoms with Crippen LogP contribution in [0.2, 0.25) is 0 Å². The summed E-state index contributed by atoms with van der Waals surface area (Å²) in [6, 6.07) is 11.0. The standard InChI is InChI=1S/C19H21N3O5S/c1-24-15-7-5-14(6-8-15)18-21-22-19(27-18)28-13-17(23)20-9-3-10-25-12-16-4-2-11-26-16/h2,4-8,11H,3,9-10,12-13H2,1H3,(H,20,23). The molecule has 0 saturated carbocycles. The highest BCUT2D eigenvalue weighted by Crippen LogP contribution is 2.24. The molecule has 0 radical (unpaired) electrons. The summed E-state index contributed by atoms with van der Waals surface area (Å²) in [5.41, 5.74) is 0.791. The lowest BCUT2D eigenvalue weighted by Crippen LogP contribution is -2.26. The van der Waals surface area contributed by atoms with Crippen molar-refractivity contribution in [2.45, 2.75) is 18.3 Å². The molecule has 3 rings (SSSR count). The Bertz CT molecular complexity index is 849. The van der Waals surface area contributed by atoms with Gasteiger partial charge >= 0.3 is 0 Å². The second kappa shape index (κ2) is 10.5. The fraction of sp³-hybridized carbons (Fsp3) is 0.316. The van der Waals surface area contributed by atoms with Crippen molar-refractivity contribution >= 4 is 17.7 Å². The van der Waals surface area contributed by atoms with Gasteiger partial charge in [-0.25, -0.2) is 0 Å². The Morgan fingerprint density at radius 2 is 2.07 bits per heavy atom. The average Bonchev–Trinajstić information content (AvgIpc) is 3.41. The second-order valence-electron chi connectivity index (χ2n) is 5.73. The monoisotopic (exact) mass is 403 g/mol. The van der Waals surface area contributed by atoms with E-state index in [1.54, 1.807) is 13.4 Å². The predicted octanol–water partition coefficient (Wildman–Crippen LogP) is 3.15. The molecule has 0 saturated heterocycles. The maximum Gasteiger partial charge on any atom is 0.277 e. The minimum atomic E-state index is -0.0970. The largest absolute Gasteiger partial charge is 0.497 e. The van der Waals surface area contributed by atoms with Crippen LogP contribution in [0.15, 0.2) is 56.7 Å². The molecule has 28 heavy (non-hydrogen) atoms. The van der Waals surface area contributed by atoms with Crippen LogP contribution in [0.4, 0.5) is 0 Å². The lowest BCUT2D eigenvalue weighted by Gasteiger charge is -2.04. The molecule has 9 heteroatoms. The van der Waals surface area contributed by atoms with Gasteiger partial charge in [0.05, 0.1) is 19.1 Å². The van der Waals surface area contributed by atoms with Gasteiger partial charge in [0.1, 0.15) is 18.1 Å². The van der Waals surface area contributed by atoms with Crippen molar-refractivity contribution in [1.29, 1.82) is 0 Å². The zero-order chi connectivity index (χ0) is 19.6. The van der Waals surface area contributed by atoms with Crippen molar-refractivity contribution in [2.75, 3.05) is 26.0 Å². The van der Waals surface area contributed by atoms with E-state index in [2.05, 4.69) is 15.5 Å². The van der Waals surface area contributed by atoms with E-state index in [1.165, 1.54) is 11.8 Å². The van der Waals surface area contributed by atoms with Gasteiger partial charge in [0.2, 0.25) is 11.8 Å². The molecule has 1 aromatic carbocycles. The van der Waals surface area contributed by atoms with Crippen LogP contribution >= 0.6 is 11.8 Å². The van der Waals surface area contributed by atoms with Crippen LogP contribution in [0.25, 0.3) is 11.5 Å². The van der Waals surface area contributed by atoms with Crippen LogP contribution in [-0.4, -0.2) is 42.1 Å². The number of carbonyl (C=O) groups is 1. The minimum absolute atomic E-state index is 0.0970. The van der Waals surface area contributed by atoms with E-state index in [1.807, 2.05) is 36.4 Å². The molecule has 0 aliphatic heterocycles. The van der Waals surface area contributed by atoms with Crippen LogP contribution < -0.4 is 10.1 Å². The molecule has 0 bridgehead atoms. The SMILES string of the molecule is COc1ccc(-c2nnc(SCC(=O)NCCCOCc3ccco3)o2)cc1. The quantitative estimate of drug-likeness (QED) is 0.385. The molecule has 148 valence electrons. The highest BCUT2D eigenvalue weighted by molar-refractivity contribution is 7.99. The Balaban J connectivity index is 1.31. The minimum Gasteiger partial charge on any atom is -0.497 e. The van der Waals surface area contributed by atoms with Crippen LogP contribution in [-0.2, 0) is 16.1 Å². The van der Waals surface area contributed by atoms with Gasteiger partial charge in [0, 0.05) is 18.7 Å². The molecule has 0 spiro atoms. The molecule has 8 nitrogen and oxygen atoms in total. The maximum absolute atomic E-state index is 11.9. The maximum atomic E-state index is 11.9. The number of thioether (sulfide) groups is 1.